The van der Waals surface area contributed by atoms with Crippen molar-refractivity contribution in [3.63, 3.8) is 0 Å². The standard InChI is InChI=1S/C11H7N3O/c15-11-8-4-2-1-3-7(8)9-5-12-6-13-10(9)14-11/h1-6H,(H,12,13,14,15). The Hall–Kier alpha value is -2.23. The van der Waals surface area contributed by atoms with Crippen LogP contribution in [0.2, 0.25) is 0 Å². The second-order valence-electron chi connectivity index (χ2n) is 3.24. The molecule has 0 bridgehead atoms. The Bertz CT molecular complexity index is 651. The van der Waals surface area contributed by atoms with E-state index >= 15 is 0 Å². The summed E-state index contributed by atoms with van der Waals surface area (Å²) in [5.41, 5.74) is 0.515. The van der Waals surface area contributed by atoms with Gasteiger partial charge in [-0.15, -0.1) is 0 Å². The smallest absolute Gasteiger partial charge is 0.220 e. The van der Waals surface area contributed by atoms with Gasteiger partial charge in [0.15, 0.2) is 5.65 Å². The molecule has 0 fully saturated rings. The van der Waals surface area contributed by atoms with Crippen LogP contribution in [0.25, 0.3) is 21.8 Å². The van der Waals surface area contributed by atoms with Crippen LogP contribution in [0.1, 0.15) is 0 Å². The fraction of sp³-hybridized carbons (Fsp3) is 0. The maximum atomic E-state index is 9.70. The number of fused-ring (bicyclic) bond motifs is 3. The molecule has 15 heavy (non-hydrogen) atoms. The van der Waals surface area contributed by atoms with E-state index in [2.05, 4.69) is 15.0 Å². The van der Waals surface area contributed by atoms with Crippen LogP contribution in [0.15, 0.2) is 36.8 Å². The van der Waals surface area contributed by atoms with E-state index in [4.69, 9.17) is 0 Å². The van der Waals surface area contributed by atoms with Crippen LogP contribution >= 0.6 is 0 Å². The molecule has 0 amide bonds. The largest absolute Gasteiger partial charge is 0.493 e. The third-order valence-corrected chi connectivity index (χ3v) is 2.36. The number of pyridine rings is 1. The van der Waals surface area contributed by atoms with Crippen molar-refractivity contribution in [2.75, 3.05) is 0 Å². The molecule has 0 saturated heterocycles. The molecular formula is C11H7N3O. The van der Waals surface area contributed by atoms with E-state index < -0.39 is 0 Å². The van der Waals surface area contributed by atoms with E-state index in [9.17, 15) is 5.11 Å². The van der Waals surface area contributed by atoms with E-state index in [0.29, 0.717) is 5.65 Å². The first kappa shape index (κ1) is 8.11. The van der Waals surface area contributed by atoms with E-state index in [1.807, 2.05) is 24.3 Å². The summed E-state index contributed by atoms with van der Waals surface area (Å²) in [6, 6.07) is 7.51. The maximum Gasteiger partial charge on any atom is 0.220 e. The van der Waals surface area contributed by atoms with Crippen molar-refractivity contribution < 1.29 is 5.11 Å². The van der Waals surface area contributed by atoms with Gasteiger partial charge in [0.1, 0.15) is 6.33 Å². The zero-order valence-corrected chi connectivity index (χ0v) is 7.75. The Balaban J connectivity index is 2.64. The molecule has 1 aromatic carbocycles. The first-order valence-corrected chi connectivity index (χ1v) is 4.54. The Morgan fingerprint density at radius 1 is 1.00 bits per heavy atom. The summed E-state index contributed by atoms with van der Waals surface area (Å²) in [5.74, 6) is 0.0109. The SMILES string of the molecule is Oc1nc2ncncc2c2ccccc12. The molecule has 0 atom stereocenters. The van der Waals surface area contributed by atoms with Crippen molar-refractivity contribution in [2.45, 2.75) is 0 Å². The van der Waals surface area contributed by atoms with Gasteiger partial charge in [-0.05, 0) is 11.5 Å². The van der Waals surface area contributed by atoms with Crippen LogP contribution in [-0.4, -0.2) is 20.1 Å². The minimum absolute atomic E-state index is 0.0109. The molecule has 1 N–H and O–H groups in total. The summed E-state index contributed by atoms with van der Waals surface area (Å²) in [4.78, 5) is 12.0. The van der Waals surface area contributed by atoms with Crippen molar-refractivity contribution in [1.82, 2.24) is 15.0 Å². The number of benzene rings is 1. The highest BCUT2D eigenvalue weighted by atomic mass is 16.3. The highest BCUT2D eigenvalue weighted by Gasteiger charge is 2.06. The molecular weight excluding hydrogens is 190 g/mol. The van der Waals surface area contributed by atoms with Crippen molar-refractivity contribution in [1.29, 1.82) is 0 Å². The second-order valence-corrected chi connectivity index (χ2v) is 3.24. The quantitative estimate of drug-likeness (QED) is 0.559. The number of hydrogen-bond donors (Lipinski definition) is 1. The van der Waals surface area contributed by atoms with Crippen LogP contribution < -0.4 is 0 Å². The third-order valence-electron chi connectivity index (χ3n) is 2.36. The zero-order valence-electron chi connectivity index (χ0n) is 7.75. The van der Waals surface area contributed by atoms with Gasteiger partial charge in [-0.3, -0.25) is 0 Å². The van der Waals surface area contributed by atoms with Crippen LogP contribution in [0.4, 0.5) is 0 Å². The minimum atomic E-state index is 0.0109. The predicted molar refractivity (Wildman–Crippen MR) is 56.5 cm³/mol. The highest BCUT2D eigenvalue weighted by molar-refractivity contribution is 6.05. The van der Waals surface area contributed by atoms with E-state index in [1.165, 1.54) is 6.33 Å². The molecule has 4 nitrogen and oxygen atoms in total. The van der Waals surface area contributed by atoms with E-state index in [1.54, 1.807) is 6.20 Å². The molecule has 0 unspecified atom stereocenters. The average molecular weight is 197 g/mol. The van der Waals surface area contributed by atoms with Crippen LogP contribution in [0, 0.1) is 0 Å². The lowest BCUT2D eigenvalue weighted by Gasteiger charge is -2.02. The lowest BCUT2D eigenvalue weighted by Crippen LogP contribution is -1.87. The Kier molecular flexibility index (Phi) is 1.56. The van der Waals surface area contributed by atoms with Gasteiger partial charge in [-0.1, -0.05) is 18.2 Å². The summed E-state index contributed by atoms with van der Waals surface area (Å²) < 4.78 is 0. The fourth-order valence-corrected chi connectivity index (χ4v) is 1.68. The van der Waals surface area contributed by atoms with Gasteiger partial charge in [0.25, 0.3) is 0 Å². The fourth-order valence-electron chi connectivity index (χ4n) is 1.68. The normalized spacial score (nSPS) is 10.9. The minimum Gasteiger partial charge on any atom is -0.493 e. The molecule has 2 aromatic heterocycles. The first-order chi connectivity index (χ1) is 7.36. The van der Waals surface area contributed by atoms with Crippen molar-refractivity contribution >= 4 is 21.8 Å². The van der Waals surface area contributed by atoms with E-state index in [-0.39, 0.29) is 5.88 Å². The molecule has 0 radical (unpaired) electrons. The molecule has 72 valence electrons. The molecule has 3 aromatic rings. The molecule has 0 aliphatic heterocycles. The van der Waals surface area contributed by atoms with Gasteiger partial charge in [-0.2, -0.15) is 4.98 Å². The number of aromatic nitrogens is 3. The number of rotatable bonds is 0. The summed E-state index contributed by atoms with van der Waals surface area (Å²) >= 11 is 0. The summed E-state index contributed by atoms with van der Waals surface area (Å²) in [5, 5.41) is 12.2. The molecule has 0 aliphatic carbocycles. The van der Waals surface area contributed by atoms with Crippen molar-refractivity contribution in [3.8, 4) is 5.88 Å². The molecule has 0 saturated carbocycles. The van der Waals surface area contributed by atoms with Crippen molar-refractivity contribution in [2.24, 2.45) is 0 Å². The topological polar surface area (TPSA) is 58.9 Å². The third kappa shape index (κ3) is 1.11. The molecule has 4 heteroatoms. The van der Waals surface area contributed by atoms with Gasteiger partial charge in [-0.25, -0.2) is 9.97 Å². The second kappa shape index (κ2) is 2.88. The molecule has 3 rings (SSSR count). The monoisotopic (exact) mass is 197 g/mol. The Morgan fingerprint density at radius 2 is 1.80 bits per heavy atom. The van der Waals surface area contributed by atoms with Gasteiger partial charge in [0.05, 0.1) is 0 Å². The average Bonchev–Trinajstić information content (AvgIpc) is 2.30. The van der Waals surface area contributed by atoms with Crippen molar-refractivity contribution in [3.05, 3.63) is 36.8 Å². The summed E-state index contributed by atoms with van der Waals surface area (Å²) in [7, 11) is 0. The van der Waals surface area contributed by atoms with Gasteiger partial charge >= 0.3 is 0 Å². The Labute approximate surface area is 85.2 Å². The van der Waals surface area contributed by atoms with Gasteiger partial charge in [0.2, 0.25) is 5.88 Å². The predicted octanol–water partition coefficient (Wildman–Crippen LogP) is 1.88. The highest BCUT2D eigenvalue weighted by Crippen LogP contribution is 2.27. The van der Waals surface area contributed by atoms with Crippen LogP contribution in [0.5, 0.6) is 5.88 Å². The van der Waals surface area contributed by atoms with Gasteiger partial charge in [0, 0.05) is 17.0 Å². The molecule has 0 aliphatic rings. The number of nitrogens with zero attached hydrogens (tertiary/aromatic N) is 3. The number of aromatic hydroxyl groups is 1. The molecule has 0 spiro atoms. The van der Waals surface area contributed by atoms with Crippen LogP contribution in [0.3, 0.4) is 0 Å². The van der Waals surface area contributed by atoms with Crippen LogP contribution in [-0.2, 0) is 0 Å². The van der Waals surface area contributed by atoms with E-state index in [0.717, 1.165) is 16.2 Å². The number of hydrogen-bond acceptors (Lipinski definition) is 4. The summed E-state index contributed by atoms with van der Waals surface area (Å²) in [6.45, 7) is 0. The Morgan fingerprint density at radius 3 is 2.67 bits per heavy atom. The van der Waals surface area contributed by atoms with Gasteiger partial charge < -0.3 is 5.11 Å². The first-order valence-electron chi connectivity index (χ1n) is 4.54. The maximum absolute atomic E-state index is 9.70. The zero-order chi connectivity index (χ0) is 10.3. The lowest BCUT2D eigenvalue weighted by atomic mass is 10.1. The molecule has 2 heterocycles. The summed E-state index contributed by atoms with van der Waals surface area (Å²) in [6.07, 6.45) is 3.13. The lowest BCUT2D eigenvalue weighted by molar-refractivity contribution is 0.462.